The minimum absolute atomic E-state index is 0.0666. The van der Waals surface area contributed by atoms with Gasteiger partial charge in [0, 0.05) is 11.4 Å². The molecule has 2 aromatic carbocycles. The van der Waals surface area contributed by atoms with E-state index in [4.69, 9.17) is 0 Å². The van der Waals surface area contributed by atoms with E-state index in [0.717, 1.165) is 5.69 Å². The van der Waals surface area contributed by atoms with Crippen LogP contribution >= 0.6 is 0 Å². The number of hydrogen-bond donors (Lipinski definition) is 2. The van der Waals surface area contributed by atoms with Crippen LogP contribution in [0.15, 0.2) is 65.7 Å². The van der Waals surface area contributed by atoms with Gasteiger partial charge < -0.3 is 5.32 Å². The summed E-state index contributed by atoms with van der Waals surface area (Å²) < 4.78 is 0. The van der Waals surface area contributed by atoms with E-state index in [1.807, 2.05) is 36.4 Å². The van der Waals surface area contributed by atoms with Crippen molar-refractivity contribution in [2.24, 2.45) is 4.99 Å². The van der Waals surface area contributed by atoms with Crippen LogP contribution in [0.5, 0.6) is 0 Å². The number of rotatable bonds is 4. The number of carbonyl (C=O) groups is 2. The zero-order chi connectivity index (χ0) is 15.8. The zero-order valence-corrected chi connectivity index (χ0v) is 12.2. The molecular weight excluding hydrogens is 278 g/mol. The molecule has 2 aromatic rings. The molecule has 2 N–H and O–H groups in total. The molecule has 0 heterocycles. The summed E-state index contributed by atoms with van der Waals surface area (Å²) in [4.78, 5) is 27.8. The lowest BCUT2D eigenvalue weighted by atomic mass is 10.2. The fraction of sp³-hybridized carbons (Fsp3) is 0.118. The average molecular weight is 295 g/mol. The lowest BCUT2D eigenvalue weighted by Crippen LogP contribution is -2.35. The molecule has 0 spiro atoms. The van der Waals surface area contributed by atoms with Crippen molar-refractivity contribution in [3.05, 3.63) is 60.7 Å². The summed E-state index contributed by atoms with van der Waals surface area (Å²) in [5.74, 6) is -0.398. The summed E-state index contributed by atoms with van der Waals surface area (Å²) in [5, 5.41) is 4.86. The van der Waals surface area contributed by atoms with E-state index in [0.29, 0.717) is 11.4 Å². The highest BCUT2D eigenvalue weighted by molar-refractivity contribution is 6.08. The molecule has 3 amide bonds. The first-order chi connectivity index (χ1) is 10.6. The van der Waals surface area contributed by atoms with Crippen LogP contribution in [0, 0.1) is 0 Å². The second kappa shape index (κ2) is 7.73. The van der Waals surface area contributed by atoms with Gasteiger partial charge in [-0.25, -0.2) is 4.79 Å². The number of benzene rings is 2. The third-order valence-corrected chi connectivity index (χ3v) is 2.78. The Balaban J connectivity index is 1.85. The maximum absolute atomic E-state index is 11.8. The number of imide groups is 1. The number of hydrogen-bond acceptors (Lipinski definition) is 3. The van der Waals surface area contributed by atoms with Gasteiger partial charge in [-0.05, 0) is 31.2 Å². The van der Waals surface area contributed by atoms with E-state index in [1.165, 1.54) is 0 Å². The molecular formula is C17H17N3O2. The molecule has 2 rings (SSSR count). The second-order valence-corrected chi connectivity index (χ2v) is 4.73. The molecule has 5 heteroatoms. The Hall–Kier alpha value is -2.95. The molecule has 0 atom stereocenters. The van der Waals surface area contributed by atoms with E-state index >= 15 is 0 Å². The Labute approximate surface area is 129 Å². The van der Waals surface area contributed by atoms with Crippen molar-refractivity contribution in [1.82, 2.24) is 5.32 Å². The molecule has 0 radical (unpaired) electrons. The monoisotopic (exact) mass is 295 g/mol. The largest absolute Gasteiger partial charge is 0.325 e. The van der Waals surface area contributed by atoms with E-state index in [2.05, 4.69) is 15.6 Å². The van der Waals surface area contributed by atoms with Crippen LogP contribution in [-0.2, 0) is 4.79 Å². The molecule has 5 nitrogen and oxygen atoms in total. The standard InChI is InChI=1S/C17H17N3O2/c1-13(18-14-8-4-2-5-9-14)12-16(21)20-17(22)19-15-10-6-3-7-11-15/h2-11H,12H2,1H3,(H2,19,20,21,22). The smallest absolute Gasteiger partial charge is 0.308 e. The highest BCUT2D eigenvalue weighted by atomic mass is 16.2. The predicted octanol–water partition coefficient (Wildman–Crippen LogP) is 3.52. The van der Waals surface area contributed by atoms with E-state index in [9.17, 15) is 9.59 Å². The summed E-state index contributed by atoms with van der Waals surface area (Å²) in [6.07, 6.45) is 0.0666. The van der Waals surface area contributed by atoms with E-state index in [-0.39, 0.29) is 6.42 Å². The third kappa shape index (κ3) is 5.20. The van der Waals surface area contributed by atoms with Crippen LogP contribution in [0.25, 0.3) is 0 Å². The predicted molar refractivity (Wildman–Crippen MR) is 87.4 cm³/mol. The van der Waals surface area contributed by atoms with Gasteiger partial charge in [0.25, 0.3) is 0 Å². The average Bonchev–Trinajstić information content (AvgIpc) is 2.48. The molecule has 0 unspecified atom stereocenters. The molecule has 0 saturated heterocycles. The Morgan fingerprint density at radius 1 is 0.955 bits per heavy atom. The Morgan fingerprint density at radius 2 is 1.55 bits per heavy atom. The summed E-state index contributed by atoms with van der Waals surface area (Å²) in [6, 6.07) is 17.7. The van der Waals surface area contributed by atoms with Gasteiger partial charge in [-0.15, -0.1) is 0 Å². The minimum Gasteiger partial charge on any atom is -0.308 e. The summed E-state index contributed by atoms with van der Waals surface area (Å²) in [6.45, 7) is 1.75. The fourth-order valence-electron chi connectivity index (χ4n) is 1.85. The zero-order valence-electron chi connectivity index (χ0n) is 12.2. The maximum Gasteiger partial charge on any atom is 0.325 e. The minimum atomic E-state index is -0.552. The maximum atomic E-state index is 11.8. The Bertz CT molecular complexity index is 667. The summed E-state index contributed by atoms with van der Waals surface area (Å²) in [5.41, 5.74) is 2.04. The molecule has 0 bridgehead atoms. The van der Waals surface area contributed by atoms with Crippen molar-refractivity contribution >= 4 is 29.0 Å². The SMILES string of the molecule is CC(CC(=O)NC(=O)Nc1ccccc1)=Nc1ccccc1. The molecule has 0 fully saturated rings. The molecule has 22 heavy (non-hydrogen) atoms. The van der Waals surface area contributed by atoms with Gasteiger partial charge in [-0.1, -0.05) is 36.4 Å². The van der Waals surface area contributed by atoms with Crippen LogP contribution in [0.1, 0.15) is 13.3 Å². The molecule has 112 valence electrons. The number of nitrogens with zero attached hydrogens (tertiary/aromatic N) is 1. The molecule has 0 aliphatic rings. The van der Waals surface area contributed by atoms with E-state index in [1.54, 1.807) is 31.2 Å². The van der Waals surface area contributed by atoms with E-state index < -0.39 is 11.9 Å². The first-order valence-corrected chi connectivity index (χ1v) is 6.88. The number of amides is 3. The first-order valence-electron chi connectivity index (χ1n) is 6.88. The Morgan fingerprint density at radius 3 is 2.18 bits per heavy atom. The molecule has 0 aliphatic carbocycles. The van der Waals surface area contributed by atoms with Gasteiger partial charge in [-0.3, -0.25) is 15.1 Å². The van der Waals surface area contributed by atoms with Crippen molar-refractivity contribution in [2.45, 2.75) is 13.3 Å². The number of nitrogens with one attached hydrogen (secondary N) is 2. The van der Waals surface area contributed by atoms with Gasteiger partial charge in [0.1, 0.15) is 0 Å². The number of para-hydroxylation sites is 2. The van der Waals surface area contributed by atoms with Crippen LogP contribution in [0.2, 0.25) is 0 Å². The molecule has 0 aliphatic heterocycles. The summed E-state index contributed by atoms with van der Waals surface area (Å²) >= 11 is 0. The number of carbonyl (C=O) groups excluding carboxylic acids is 2. The van der Waals surface area contributed by atoms with Gasteiger partial charge in [0.2, 0.25) is 5.91 Å². The number of urea groups is 1. The highest BCUT2D eigenvalue weighted by Crippen LogP contribution is 2.10. The lowest BCUT2D eigenvalue weighted by molar-refractivity contribution is -0.118. The third-order valence-electron chi connectivity index (χ3n) is 2.78. The van der Waals surface area contributed by atoms with Crippen LogP contribution in [-0.4, -0.2) is 17.6 Å². The van der Waals surface area contributed by atoms with Crippen molar-refractivity contribution in [2.75, 3.05) is 5.32 Å². The quantitative estimate of drug-likeness (QED) is 0.847. The van der Waals surface area contributed by atoms with Crippen molar-refractivity contribution < 1.29 is 9.59 Å². The van der Waals surface area contributed by atoms with Crippen molar-refractivity contribution in [3.8, 4) is 0 Å². The first kappa shape index (κ1) is 15.4. The normalized spacial score (nSPS) is 10.9. The van der Waals surface area contributed by atoms with Crippen LogP contribution in [0.4, 0.5) is 16.2 Å². The van der Waals surface area contributed by atoms with Gasteiger partial charge >= 0.3 is 6.03 Å². The highest BCUT2D eigenvalue weighted by Gasteiger charge is 2.09. The van der Waals surface area contributed by atoms with Gasteiger partial charge in [-0.2, -0.15) is 0 Å². The van der Waals surface area contributed by atoms with Crippen LogP contribution in [0.3, 0.4) is 0 Å². The molecule has 0 saturated carbocycles. The Kier molecular flexibility index (Phi) is 5.43. The number of aliphatic imine (C=N–C) groups is 1. The van der Waals surface area contributed by atoms with Gasteiger partial charge in [0.05, 0.1) is 12.1 Å². The van der Waals surface area contributed by atoms with Gasteiger partial charge in [0.15, 0.2) is 0 Å². The molecule has 0 aromatic heterocycles. The topological polar surface area (TPSA) is 70.6 Å². The second-order valence-electron chi connectivity index (χ2n) is 4.73. The van der Waals surface area contributed by atoms with Crippen molar-refractivity contribution in [3.63, 3.8) is 0 Å². The van der Waals surface area contributed by atoms with Crippen LogP contribution < -0.4 is 10.6 Å². The van der Waals surface area contributed by atoms with Crippen molar-refractivity contribution in [1.29, 1.82) is 0 Å². The fourth-order valence-corrected chi connectivity index (χ4v) is 1.85. The number of anilines is 1. The lowest BCUT2D eigenvalue weighted by Gasteiger charge is -2.06. The summed E-state index contributed by atoms with van der Waals surface area (Å²) in [7, 11) is 0.